The molecule has 0 aliphatic carbocycles. The van der Waals surface area contributed by atoms with Crippen LogP contribution in [0.4, 0.5) is 10.1 Å². The van der Waals surface area contributed by atoms with Crippen molar-refractivity contribution in [3.8, 4) is 5.75 Å². The Morgan fingerprint density at radius 3 is 3.04 bits per heavy atom. The number of ether oxygens (including phenoxy) is 2. The lowest BCUT2D eigenvalue weighted by Crippen LogP contribution is -2.20. The van der Waals surface area contributed by atoms with Gasteiger partial charge in [-0.05, 0) is 44.9 Å². The van der Waals surface area contributed by atoms with Crippen LogP contribution in [0.1, 0.15) is 35.9 Å². The summed E-state index contributed by atoms with van der Waals surface area (Å²) in [7, 11) is 0. The smallest absolute Gasteiger partial charge is 0.274 e. The molecule has 1 aromatic carbocycles. The number of rotatable bonds is 6. The summed E-state index contributed by atoms with van der Waals surface area (Å²) in [6, 6.07) is 5.77. The van der Waals surface area contributed by atoms with Gasteiger partial charge in [-0.15, -0.1) is 0 Å². The highest BCUT2D eigenvalue weighted by molar-refractivity contribution is 6.04. The Balaban J connectivity index is 1.75. The van der Waals surface area contributed by atoms with Gasteiger partial charge in [0.05, 0.1) is 17.5 Å². The third kappa shape index (κ3) is 4.17. The van der Waals surface area contributed by atoms with E-state index in [-0.39, 0.29) is 12.0 Å². The van der Waals surface area contributed by atoms with Crippen LogP contribution in [0.2, 0.25) is 0 Å². The number of amides is 1. The van der Waals surface area contributed by atoms with Crippen molar-refractivity contribution in [1.82, 2.24) is 9.78 Å². The fraction of sp³-hybridized carbons (Fsp3) is 0.444. The molecule has 3 rings (SSSR count). The van der Waals surface area contributed by atoms with E-state index in [4.69, 9.17) is 9.47 Å². The Kier molecular flexibility index (Phi) is 5.33. The molecule has 1 aromatic heterocycles. The first-order chi connectivity index (χ1) is 12.1. The predicted molar refractivity (Wildman–Crippen MR) is 91.5 cm³/mol. The van der Waals surface area contributed by atoms with Crippen LogP contribution in [-0.2, 0) is 11.3 Å². The van der Waals surface area contributed by atoms with E-state index in [0.717, 1.165) is 25.1 Å². The number of aryl methyl sites for hydroxylation is 2. The summed E-state index contributed by atoms with van der Waals surface area (Å²) >= 11 is 0. The molecule has 1 N–H and O–H groups in total. The Hall–Kier alpha value is -2.41. The third-order valence-corrected chi connectivity index (χ3v) is 4.07. The highest BCUT2D eigenvalue weighted by atomic mass is 19.1. The van der Waals surface area contributed by atoms with Gasteiger partial charge in [0, 0.05) is 19.2 Å². The van der Waals surface area contributed by atoms with Crippen LogP contribution in [-0.4, -0.2) is 35.0 Å². The number of nitrogens with one attached hydrogen (secondary N) is 1. The predicted octanol–water partition coefficient (Wildman–Crippen LogP) is 3.16. The maximum atomic E-state index is 13.6. The topological polar surface area (TPSA) is 65.4 Å². The van der Waals surface area contributed by atoms with Gasteiger partial charge in [0.2, 0.25) is 0 Å². The first-order valence-corrected chi connectivity index (χ1v) is 8.46. The van der Waals surface area contributed by atoms with Crippen LogP contribution >= 0.6 is 0 Å². The van der Waals surface area contributed by atoms with Gasteiger partial charge in [-0.25, -0.2) is 4.39 Å². The molecule has 25 heavy (non-hydrogen) atoms. The minimum absolute atomic E-state index is 0.0396. The van der Waals surface area contributed by atoms with Crippen molar-refractivity contribution in [1.29, 1.82) is 0 Å². The second kappa shape index (κ2) is 7.65. The van der Waals surface area contributed by atoms with Crippen molar-refractivity contribution in [2.45, 2.75) is 39.3 Å². The van der Waals surface area contributed by atoms with Gasteiger partial charge in [-0.1, -0.05) is 0 Å². The molecular formula is C18H22FN3O3. The number of aromatic nitrogens is 2. The number of anilines is 1. The summed E-state index contributed by atoms with van der Waals surface area (Å²) in [6.45, 7) is 5.41. The standard InChI is InChI=1S/C18H22FN3O3/c1-3-22-16(9-12(2)21-22)18(23)20-15-10-13(19)6-7-17(15)25-11-14-5-4-8-24-14/h6-7,9-10,14H,3-5,8,11H2,1-2H3,(H,20,23)/t14-/m0/s1. The average Bonchev–Trinajstić information content (AvgIpc) is 3.23. The molecule has 1 fully saturated rings. The lowest BCUT2D eigenvalue weighted by atomic mass is 10.2. The number of halogens is 1. The van der Waals surface area contributed by atoms with Crippen LogP contribution < -0.4 is 10.1 Å². The summed E-state index contributed by atoms with van der Waals surface area (Å²) < 4.78 is 26.5. The van der Waals surface area contributed by atoms with E-state index in [2.05, 4.69) is 10.4 Å². The number of carbonyl (C=O) groups is 1. The van der Waals surface area contributed by atoms with E-state index in [1.54, 1.807) is 10.7 Å². The summed E-state index contributed by atoms with van der Waals surface area (Å²) in [4.78, 5) is 12.6. The maximum absolute atomic E-state index is 13.6. The zero-order valence-electron chi connectivity index (χ0n) is 14.4. The van der Waals surface area contributed by atoms with E-state index in [1.807, 2.05) is 13.8 Å². The molecule has 2 aromatic rings. The molecule has 1 saturated heterocycles. The second-order valence-corrected chi connectivity index (χ2v) is 6.03. The Bertz CT molecular complexity index is 754. The highest BCUT2D eigenvalue weighted by Crippen LogP contribution is 2.27. The molecule has 2 heterocycles. The van der Waals surface area contributed by atoms with E-state index >= 15 is 0 Å². The quantitative estimate of drug-likeness (QED) is 0.872. The molecule has 6 nitrogen and oxygen atoms in total. The molecule has 1 aliphatic heterocycles. The minimum Gasteiger partial charge on any atom is -0.489 e. The lowest BCUT2D eigenvalue weighted by molar-refractivity contribution is 0.0681. The minimum atomic E-state index is -0.444. The van der Waals surface area contributed by atoms with Crippen LogP contribution in [0.15, 0.2) is 24.3 Å². The zero-order chi connectivity index (χ0) is 17.8. The molecule has 134 valence electrons. The van der Waals surface area contributed by atoms with Gasteiger partial charge < -0.3 is 14.8 Å². The number of nitrogens with zero attached hydrogens (tertiary/aromatic N) is 2. The lowest BCUT2D eigenvalue weighted by Gasteiger charge is -2.15. The van der Waals surface area contributed by atoms with Gasteiger partial charge in [-0.3, -0.25) is 9.48 Å². The fourth-order valence-electron chi connectivity index (χ4n) is 2.84. The van der Waals surface area contributed by atoms with E-state index < -0.39 is 5.82 Å². The molecule has 0 radical (unpaired) electrons. The van der Waals surface area contributed by atoms with Crippen LogP contribution in [0.3, 0.4) is 0 Å². The number of hydrogen-bond acceptors (Lipinski definition) is 4. The zero-order valence-corrected chi connectivity index (χ0v) is 14.4. The second-order valence-electron chi connectivity index (χ2n) is 6.03. The Labute approximate surface area is 145 Å². The highest BCUT2D eigenvalue weighted by Gasteiger charge is 2.19. The average molecular weight is 347 g/mol. The van der Waals surface area contributed by atoms with Crippen molar-refractivity contribution in [3.63, 3.8) is 0 Å². The van der Waals surface area contributed by atoms with Crippen molar-refractivity contribution in [3.05, 3.63) is 41.5 Å². The molecule has 7 heteroatoms. The van der Waals surface area contributed by atoms with Gasteiger partial charge in [0.25, 0.3) is 5.91 Å². The SMILES string of the molecule is CCn1nc(C)cc1C(=O)Nc1cc(F)ccc1OC[C@@H]1CCCO1. The van der Waals surface area contributed by atoms with Crippen molar-refractivity contribution in [2.75, 3.05) is 18.5 Å². The van der Waals surface area contributed by atoms with E-state index in [9.17, 15) is 9.18 Å². The van der Waals surface area contributed by atoms with Crippen molar-refractivity contribution in [2.24, 2.45) is 0 Å². The van der Waals surface area contributed by atoms with E-state index in [0.29, 0.717) is 30.3 Å². The van der Waals surface area contributed by atoms with Gasteiger partial charge in [-0.2, -0.15) is 5.10 Å². The molecule has 0 saturated carbocycles. The number of hydrogen-bond donors (Lipinski definition) is 1. The summed E-state index contributed by atoms with van der Waals surface area (Å²) in [5.74, 6) is -0.375. The Morgan fingerprint density at radius 2 is 2.32 bits per heavy atom. The van der Waals surface area contributed by atoms with Gasteiger partial charge in [0.15, 0.2) is 0 Å². The molecule has 0 spiro atoms. The van der Waals surface area contributed by atoms with Crippen molar-refractivity contribution < 1.29 is 18.7 Å². The molecule has 0 unspecified atom stereocenters. The molecule has 1 aliphatic rings. The summed E-state index contributed by atoms with van der Waals surface area (Å²) in [5.41, 5.74) is 1.47. The number of benzene rings is 1. The first-order valence-electron chi connectivity index (χ1n) is 8.46. The third-order valence-electron chi connectivity index (χ3n) is 4.07. The normalized spacial score (nSPS) is 16.8. The number of carbonyl (C=O) groups excluding carboxylic acids is 1. The largest absolute Gasteiger partial charge is 0.489 e. The van der Waals surface area contributed by atoms with Gasteiger partial charge >= 0.3 is 0 Å². The summed E-state index contributed by atoms with van der Waals surface area (Å²) in [5, 5.41) is 6.98. The van der Waals surface area contributed by atoms with Gasteiger partial charge in [0.1, 0.15) is 23.9 Å². The Morgan fingerprint density at radius 1 is 1.48 bits per heavy atom. The molecule has 1 atom stereocenters. The molecule has 1 amide bonds. The fourth-order valence-corrected chi connectivity index (χ4v) is 2.84. The first kappa shape index (κ1) is 17.4. The van der Waals surface area contributed by atoms with Crippen LogP contribution in [0, 0.1) is 12.7 Å². The monoisotopic (exact) mass is 347 g/mol. The van der Waals surface area contributed by atoms with Crippen molar-refractivity contribution >= 4 is 11.6 Å². The van der Waals surface area contributed by atoms with Crippen LogP contribution in [0.5, 0.6) is 5.75 Å². The molecule has 0 bridgehead atoms. The summed E-state index contributed by atoms with van der Waals surface area (Å²) in [6.07, 6.45) is 2.00. The van der Waals surface area contributed by atoms with E-state index in [1.165, 1.54) is 18.2 Å². The maximum Gasteiger partial charge on any atom is 0.274 e. The van der Waals surface area contributed by atoms with Crippen LogP contribution in [0.25, 0.3) is 0 Å². The molecular weight excluding hydrogens is 325 g/mol.